The van der Waals surface area contributed by atoms with Crippen LogP contribution in [0.3, 0.4) is 0 Å². The van der Waals surface area contributed by atoms with Crippen LogP contribution in [0.2, 0.25) is 0 Å². The van der Waals surface area contributed by atoms with Gasteiger partial charge in [-0.1, -0.05) is 29.8 Å². The van der Waals surface area contributed by atoms with Gasteiger partial charge in [-0.05, 0) is 31.5 Å². The molecule has 1 amide bonds. The number of nitrogens with one attached hydrogen (secondary N) is 1. The fourth-order valence-electron chi connectivity index (χ4n) is 1.94. The van der Waals surface area contributed by atoms with Gasteiger partial charge in [0.05, 0.1) is 10.2 Å². The smallest absolute Gasteiger partial charge is 0.269 e. The molecule has 0 bridgehead atoms. The molecule has 2 rings (SSSR count). The van der Waals surface area contributed by atoms with Crippen LogP contribution in [0, 0.1) is 17.0 Å². The first-order valence-electron chi connectivity index (χ1n) is 7.20. The molecule has 0 aromatic heterocycles. The normalized spacial score (nSPS) is 11.7. The molecule has 0 aliphatic heterocycles. The zero-order valence-electron chi connectivity index (χ0n) is 13.0. The average Bonchev–Trinajstić information content (AvgIpc) is 2.54. The van der Waals surface area contributed by atoms with Crippen LogP contribution in [0.1, 0.15) is 18.1 Å². The highest BCUT2D eigenvalue weighted by atomic mass is 32.2. The summed E-state index contributed by atoms with van der Waals surface area (Å²) in [5.74, 6) is -0.0612. The van der Waals surface area contributed by atoms with E-state index in [4.69, 9.17) is 0 Å². The van der Waals surface area contributed by atoms with Gasteiger partial charge < -0.3 is 5.32 Å². The Balaban J connectivity index is 1.86. The molecule has 0 aliphatic carbocycles. The quantitative estimate of drug-likeness (QED) is 0.498. The minimum Gasteiger partial charge on any atom is -0.351 e. The topological polar surface area (TPSA) is 72.2 Å². The van der Waals surface area contributed by atoms with Crippen molar-refractivity contribution in [2.75, 3.05) is 0 Å². The van der Waals surface area contributed by atoms with Crippen LogP contribution in [0.25, 0.3) is 0 Å². The summed E-state index contributed by atoms with van der Waals surface area (Å²) >= 11 is 1.38. The molecule has 0 spiro atoms. The molecule has 120 valence electrons. The molecule has 0 fully saturated rings. The van der Waals surface area contributed by atoms with Crippen molar-refractivity contribution in [3.05, 3.63) is 69.8 Å². The number of nitro benzene ring substituents is 1. The molecule has 2 aromatic carbocycles. The lowest BCUT2D eigenvalue weighted by atomic mass is 10.1. The minimum absolute atomic E-state index is 0.0471. The van der Waals surface area contributed by atoms with Gasteiger partial charge in [0, 0.05) is 23.6 Å². The third kappa shape index (κ3) is 5.10. The number of non-ortho nitro benzene ring substituents is 1. The Morgan fingerprint density at radius 2 is 1.78 bits per heavy atom. The molecule has 1 N–H and O–H groups in total. The Labute approximate surface area is 139 Å². The Morgan fingerprint density at radius 1 is 1.17 bits per heavy atom. The lowest BCUT2D eigenvalue weighted by molar-refractivity contribution is -0.384. The van der Waals surface area contributed by atoms with E-state index in [9.17, 15) is 14.9 Å². The van der Waals surface area contributed by atoms with Gasteiger partial charge in [0.2, 0.25) is 5.91 Å². The summed E-state index contributed by atoms with van der Waals surface area (Å²) in [4.78, 5) is 23.1. The van der Waals surface area contributed by atoms with Crippen LogP contribution < -0.4 is 5.32 Å². The fourth-order valence-corrected chi connectivity index (χ4v) is 2.83. The number of carbonyl (C=O) groups is 1. The highest BCUT2D eigenvalue weighted by molar-refractivity contribution is 8.00. The maximum Gasteiger partial charge on any atom is 0.269 e. The molecule has 2 aromatic rings. The molecule has 0 radical (unpaired) electrons. The maximum absolute atomic E-state index is 12.1. The lowest BCUT2D eigenvalue weighted by Crippen LogP contribution is -2.30. The van der Waals surface area contributed by atoms with E-state index in [2.05, 4.69) is 5.32 Å². The van der Waals surface area contributed by atoms with E-state index >= 15 is 0 Å². The van der Waals surface area contributed by atoms with E-state index in [-0.39, 0.29) is 16.8 Å². The van der Waals surface area contributed by atoms with Crippen LogP contribution >= 0.6 is 11.8 Å². The summed E-state index contributed by atoms with van der Waals surface area (Å²) in [5.41, 5.74) is 2.28. The number of carbonyl (C=O) groups excluding carboxylic acids is 1. The standard InChI is InChI=1S/C17H18N2O3S/c1-12-3-5-14(6-4-12)11-18-17(20)13(2)23-16-9-7-15(8-10-16)19(21)22/h3-10,13H,11H2,1-2H3,(H,18,20)/t13-/m0/s1. The van der Waals surface area contributed by atoms with Crippen molar-refractivity contribution in [3.8, 4) is 0 Å². The van der Waals surface area contributed by atoms with Gasteiger partial charge in [0.25, 0.3) is 5.69 Å². The summed E-state index contributed by atoms with van der Waals surface area (Å²) in [6.07, 6.45) is 0. The Bertz CT molecular complexity index is 684. The van der Waals surface area contributed by atoms with E-state index in [0.29, 0.717) is 6.54 Å². The number of rotatable bonds is 6. The molecule has 23 heavy (non-hydrogen) atoms. The number of nitrogens with zero attached hydrogens (tertiary/aromatic N) is 1. The summed E-state index contributed by atoms with van der Waals surface area (Å²) in [6.45, 7) is 4.33. The molecule has 1 atom stereocenters. The second-order valence-electron chi connectivity index (χ2n) is 5.21. The minimum atomic E-state index is -0.438. The van der Waals surface area contributed by atoms with E-state index in [1.54, 1.807) is 12.1 Å². The van der Waals surface area contributed by atoms with Crippen LogP contribution in [0.15, 0.2) is 53.4 Å². The molecule has 5 nitrogen and oxygen atoms in total. The van der Waals surface area contributed by atoms with Crippen molar-refractivity contribution in [3.63, 3.8) is 0 Å². The fraction of sp³-hybridized carbons (Fsp3) is 0.235. The van der Waals surface area contributed by atoms with Crippen molar-refractivity contribution in [1.29, 1.82) is 0 Å². The summed E-state index contributed by atoms with van der Waals surface area (Å²) < 4.78 is 0. The number of aryl methyl sites for hydroxylation is 1. The predicted octanol–water partition coefficient (Wildman–Crippen LogP) is 3.70. The lowest BCUT2D eigenvalue weighted by Gasteiger charge is -2.12. The molecule has 0 unspecified atom stereocenters. The Hall–Kier alpha value is -2.34. The molecule has 0 heterocycles. The summed E-state index contributed by atoms with van der Waals surface area (Å²) in [7, 11) is 0. The SMILES string of the molecule is Cc1ccc(CNC(=O)[C@H](C)Sc2ccc([N+](=O)[O-])cc2)cc1. The van der Waals surface area contributed by atoms with Crippen LogP contribution in [-0.2, 0) is 11.3 Å². The average molecular weight is 330 g/mol. The zero-order valence-corrected chi connectivity index (χ0v) is 13.8. The predicted molar refractivity (Wildman–Crippen MR) is 91.4 cm³/mol. The van der Waals surface area contributed by atoms with Gasteiger partial charge in [-0.3, -0.25) is 14.9 Å². The number of amides is 1. The molecule has 0 saturated heterocycles. The van der Waals surface area contributed by atoms with Crippen LogP contribution in [-0.4, -0.2) is 16.1 Å². The number of benzene rings is 2. The van der Waals surface area contributed by atoms with E-state index in [0.717, 1.165) is 10.5 Å². The summed E-state index contributed by atoms with van der Waals surface area (Å²) in [5, 5.41) is 13.2. The van der Waals surface area contributed by atoms with Crippen molar-refractivity contribution in [1.82, 2.24) is 5.32 Å². The first-order chi connectivity index (χ1) is 11.0. The summed E-state index contributed by atoms with van der Waals surface area (Å²) in [6, 6.07) is 14.2. The first kappa shape index (κ1) is 17.0. The Kier molecular flexibility index (Phi) is 5.76. The third-order valence-electron chi connectivity index (χ3n) is 3.32. The zero-order chi connectivity index (χ0) is 16.8. The molecule has 0 saturated carbocycles. The second kappa shape index (κ2) is 7.78. The van der Waals surface area contributed by atoms with Crippen molar-refractivity contribution in [2.45, 2.75) is 30.5 Å². The highest BCUT2D eigenvalue weighted by Gasteiger charge is 2.14. The third-order valence-corrected chi connectivity index (χ3v) is 4.43. The highest BCUT2D eigenvalue weighted by Crippen LogP contribution is 2.25. The molecule has 6 heteroatoms. The largest absolute Gasteiger partial charge is 0.351 e. The van der Waals surface area contributed by atoms with Gasteiger partial charge in [-0.2, -0.15) is 0 Å². The second-order valence-corrected chi connectivity index (χ2v) is 6.63. The number of thioether (sulfide) groups is 1. The van der Waals surface area contributed by atoms with Gasteiger partial charge in [0.1, 0.15) is 0 Å². The number of nitro groups is 1. The molecular weight excluding hydrogens is 312 g/mol. The monoisotopic (exact) mass is 330 g/mol. The van der Waals surface area contributed by atoms with E-state index < -0.39 is 4.92 Å². The molecule has 0 aliphatic rings. The van der Waals surface area contributed by atoms with Gasteiger partial charge in [-0.25, -0.2) is 0 Å². The van der Waals surface area contributed by atoms with Gasteiger partial charge >= 0.3 is 0 Å². The van der Waals surface area contributed by atoms with Gasteiger partial charge in [-0.15, -0.1) is 11.8 Å². The van der Waals surface area contributed by atoms with Crippen LogP contribution in [0.4, 0.5) is 5.69 Å². The van der Waals surface area contributed by atoms with Crippen molar-refractivity contribution in [2.24, 2.45) is 0 Å². The number of hydrogen-bond acceptors (Lipinski definition) is 4. The maximum atomic E-state index is 12.1. The first-order valence-corrected chi connectivity index (χ1v) is 8.08. The van der Waals surface area contributed by atoms with Crippen molar-refractivity contribution < 1.29 is 9.72 Å². The van der Waals surface area contributed by atoms with Crippen LogP contribution in [0.5, 0.6) is 0 Å². The Morgan fingerprint density at radius 3 is 2.35 bits per heavy atom. The van der Waals surface area contributed by atoms with Gasteiger partial charge in [0.15, 0.2) is 0 Å². The molecular formula is C17H18N2O3S. The number of hydrogen-bond donors (Lipinski definition) is 1. The van der Waals surface area contributed by atoms with Crippen molar-refractivity contribution >= 4 is 23.4 Å². The van der Waals surface area contributed by atoms with E-state index in [1.807, 2.05) is 38.1 Å². The van der Waals surface area contributed by atoms with E-state index in [1.165, 1.54) is 29.5 Å².